The lowest BCUT2D eigenvalue weighted by Crippen LogP contribution is -2.36. The number of hydrogen-bond acceptors (Lipinski definition) is 3. The van der Waals surface area contributed by atoms with Gasteiger partial charge in [0.05, 0.1) is 0 Å². The molecule has 0 saturated carbocycles. The molecule has 17 heavy (non-hydrogen) atoms. The lowest BCUT2D eigenvalue weighted by atomic mass is 10.1. The Morgan fingerprint density at radius 1 is 1.41 bits per heavy atom. The predicted molar refractivity (Wildman–Crippen MR) is 71.2 cm³/mol. The van der Waals surface area contributed by atoms with Crippen LogP contribution in [-0.4, -0.2) is 31.2 Å². The molecule has 1 aromatic rings. The number of nitrogens with two attached hydrogens (primary N) is 1. The second-order valence-electron chi connectivity index (χ2n) is 4.60. The van der Waals surface area contributed by atoms with Crippen LogP contribution in [0.3, 0.4) is 0 Å². The summed E-state index contributed by atoms with van der Waals surface area (Å²) in [4.78, 5) is 2.34. The van der Waals surface area contributed by atoms with E-state index in [1.807, 2.05) is 18.2 Å². The smallest absolute Gasteiger partial charge is 0.0480 e. The summed E-state index contributed by atoms with van der Waals surface area (Å²) in [5, 5.41) is 0.745. The van der Waals surface area contributed by atoms with E-state index in [1.54, 1.807) is 0 Å². The van der Waals surface area contributed by atoms with E-state index in [4.69, 9.17) is 22.1 Å². The Kier molecular flexibility index (Phi) is 4.26. The van der Waals surface area contributed by atoms with Gasteiger partial charge >= 0.3 is 0 Å². The monoisotopic (exact) mass is 254 g/mol. The number of halogens is 1. The highest BCUT2D eigenvalue weighted by Crippen LogP contribution is 2.22. The van der Waals surface area contributed by atoms with Gasteiger partial charge in [0.2, 0.25) is 0 Å². The fourth-order valence-corrected chi connectivity index (χ4v) is 2.43. The maximum atomic E-state index is 5.99. The first-order valence-electron chi connectivity index (χ1n) is 5.98. The zero-order valence-corrected chi connectivity index (χ0v) is 10.9. The van der Waals surface area contributed by atoms with E-state index in [0.717, 1.165) is 48.9 Å². The third kappa shape index (κ3) is 3.35. The summed E-state index contributed by atoms with van der Waals surface area (Å²) < 4.78 is 5.37. The number of nitrogens with zero attached hydrogens (tertiary/aromatic N) is 1. The third-order valence-electron chi connectivity index (χ3n) is 3.34. The van der Waals surface area contributed by atoms with Crippen molar-refractivity contribution in [3.05, 3.63) is 28.8 Å². The zero-order chi connectivity index (χ0) is 12.3. The minimum atomic E-state index is 0.585. The van der Waals surface area contributed by atoms with Gasteiger partial charge in [0.1, 0.15) is 0 Å². The van der Waals surface area contributed by atoms with E-state index in [2.05, 4.69) is 11.9 Å². The highest BCUT2D eigenvalue weighted by Gasteiger charge is 2.18. The van der Waals surface area contributed by atoms with Crippen LogP contribution < -0.4 is 5.73 Å². The van der Waals surface area contributed by atoms with E-state index >= 15 is 0 Å². The van der Waals surface area contributed by atoms with Crippen molar-refractivity contribution < 1.29 is 4.74 Å². The molecule has 1 saturated heterocycles. The van der Waals surface area contributed by atoms with Crippen molar-refractivity contribution in [1.29, 1.82) is 0 Å². The average molecular weight is 255 g/mol. The molecule has 1 aliphatic heterocycles. The molecule has 4 heteroatoms. The molecule has 0 aromatic heterocycles. The van der Waals surface area contributed by atoms with E-state index in [9.17, 15) is 0 Å². The summed E-state index contributed by atoms with van der Waals surface area (Å²) in [5.41, 5.74) is 7.87. The van der Waals surface area contributed by atoms with Gasteiger partial charge in [-0.05, 0) is 43.7 Å². The highest BCUT2D eigenvalue weighted by atomic mass is 35.5. The van der Waals surface area contributed by atoms with E-state index < -0.39 is 0 Å². The number of anilines is 1. The van der Waals surface area contributed by atoms with Crippen LogP contribution >= 0.6 is 11.6 Å². The SMILES string of the molecule is CN(Cc1cc(Cl)ccc1N)C1CCOCC1. The van der Waals surface area contributed by atoms with E-state index in [-0.39, 0.29) is 0 Å². The topological polar surface area (TPSA) is 38.5 Å². The maximum absolute atomic E-state index is 5.99. The Hall–Kier alpha value is -0.770. The summed E-state index contributed by atoms with van der Waals surface area (Å²) in [7, 11) is 2.14. The van der Waals surface area contributed by atoms with Gasteiger partial charge in [-0.25, -0.2) is 0 Å². The largest absolute Gasteiger partial charge is 0.398 e. The first-order chi connectivity index (χ1) is 8.16. The molecule has 0 spiro atoms. The van der Waals surface area contributed by atoms with Crippen LogP contribution in [0.15, 0.2) is 18.2 Å². The predicted octanol–water partition coefficient (Wildman–Crippen LogP) is 2.53. The lowest BCUT2D eigenvalue weighted by molar-refractivity contribution is 0.0407. The second-order valence-corrected chi connectivity index (χ2v) is 5.04. The Bertz CT molecular complexity index is 378. The molecule has 0 bridgehead atoms. The van der Waals surface area contributed by atoms with Gasteiger partial charge in [0.15, 0.2) is 0 Å². The normalized spacial score (nSPS) is 17.6. The third-order valence-corrected chi connectivity index (χ3v) is 3.57. The van der Waals surface area contributed by atoms with E-state index in [0.29, 0.717) is 6.04 Å². The molecule has 1 heterocycles. The van der Waals surface area contributed by atoms with Crippen LogP contribution in [0.1, 0.15) is 18.4 Å². The standard InChI is InChI=1S/C13H19ClN2O/c1-16(12-4-6-17-7-5-12)9-10-8-11(14)2-3-13(10)15/h2-3,8,12H,4-7,9,15H2,1H3. The van der Waals surface area contributed by atoms with Crippen LogP contribution in [0.4, 0.5) is 5.69 Å². The van der Waals surface area contributed by atoms with Gasteiger partial charge in [-0.15, -0.1) is 0 Å². The molecule has 2 rings (SSSR count). The number of hydrogen-bond donors (Lipinski definition) is 1. The first-order valence-corrected chi connectivity index (χ1v) is 6.36. The van der Waals surface area contributed by atoms with Crippen LogP contribution in [0.2, 0.25) is 5.02 Å². The van der Waals surface area contributed by atoms with Crippen molar-refractivity contribution in [2.45, 2.75) is 25.4 Å². The molecule has 1 fully saturated rings. The molecule has 2 N–H and O–H groups in total. The minimum absolute atomic E-state index is 0.585. The van der Waals surface area contributed by atoms with Gasteiger partial charge in [-0.3, -0.25) is 4.90 Å². The van der Waals surface area contributed by atoms with Gasteiger partial charge in [0, 0.05) is 36.5 Å². The number of ether oxygens (including phenoxy) is 1. The summed E-state index contributed by atoms with van der Waals surface area (Å²) in [6, 6.07) is 6.24. The van der Waals surface area contributed by atoms with Crippen molar-refractivity contribution in [1.82, 2.24) is 4.90 Å². The molecular formula is C13H19ClN2O. The summed E-state index contributed by atoms with van der Waals surface area (Å²) in [6.07, 6.45) is 2.19. The van der Waals surface area contributed by atoms with Crippen molar-refractivity contribution in [2.75, 3.05) is 26.0 Å². The summed E-state index contributed by atoms with van der Waals surface area (Å²) in [6.45, 7) is 2.57. The van der Waals surface area contributed by atoms with Gasteiger partial charge in [0.25, 0.3) is 0 Å². The Morgan fingerprint density at radius 2 is 2.12 bits per heavy atom. The van der Waals surface area contributed by atoms with E-state index in [1.165, 1.54) is 0 Å². The molecule has 0 aliphatic carbocycles. The quantitative estimate of drug-likeness (QED) is 0.843. The van der Waals surface area contributed by atoms with Crippen LogP contribution in [0.25, 0.3) is 0 Å². The minimum Gasteiger partial charge on any atom is -0.398 e. The Morgan fingerprint density at radius 3 is 2.82 bits per heavy atom. The first kappa shape index (κ1) is 12.7. The number of rotatable bonds is 3. The molecule has 1 aliphatic rings. The summed E-state index contributed by atoms with van der Waals surface area (Å²) in [5.74, 6) is 0. The number of benzene rings is 1. The van der Waals surface area contributed by atoms with Crippen molar-refractivity contribution >= 4 is 17.3 Å². The van der Waals surface area contributed by atoms with Crippen LogP contribution in [0.5, 0.6) is 0 Å². The fraction of sp³-hybridized carbons (Fsp3) is 0.538. The lowest BCUT2D eigenvalue weighted by Gasteiger charge is -2.31. The van der Waals surface area contributed by atoms with Crippen molar-refractivity contribution in [2.24, 2.45) is 0 Å². The molecule has 3 nitrogen and oxygen atoms in total. The molecule has 0 atom stereocenters. The van der Waals surface area contributed by atoms with Crippen molar-refractivity contribution in [3.8, 4) is 0 Å². The molecule has 0 radical (unpaired) electrons. The fourth-order valence-electron chi connectivity index (χ4n) is 2.23. The maximum Gasteiger partial charge on any atom is 0.0480 e. The van der Waals surface area contributed by atoms with Crippen LogP contribution in [0, 0.1) is 0 Å². The summed E-state index contributed by atoms with van der Waals surface area (Å²) >= 11 is 5.99. The Labute approximate surface area is 107 Å². The van der Waals surface area contributed by atoms with Crippen LogP contribution in [-0.2, 0) is 11.3 Å². The van der Waals surface area contributed by atoms with Gasteiger partial charge in [-0.2, -0.15) is 0 Å². The zero-order valence-electron chi connectivity index (χ0n) is 10.2. The number of nitrogen functional groups attached to an aromatic ring is 1. The molecule has 94 valence electrons. The molecular weight excluding hydrogens is 236 g/mol. The molecule has 0 amide bonds. The average Bonchev–Trinajstić information content (AvgIpc) is 2.35. The highest BCUT2D eigenvalue weighted by molar-refractivity contribution is 6.30. The van der Waals surface area contributed by atoms with Gasteiger partial charge in [-0.1, -0.05) is 11.6 Å². The molecule has 1 aromatic carbocycles. The second kappa shape index (κ2) is 5.71. The molecule has 0 unspecified atom stereocenters. The van der Waals surface area contributed by atoms with Gasteiger partial charge < -0.3 is 10.5 Å². The van der Waals surface area contributed by atoms with Crippen molar-refractivity contribution in [3.63, 3.8) is 0 Å². The Balaban J connectivity index is 2.01.